The minimum absolute atomic E-state index is 0.0409. The number of hydrogen-bond donors (Lipinski definition) is 0. The van der Waals surface area contributed by atoms with Gasteiger partial charge >= 0.3 is 0 Å². The summed E-state index contributed by atoms with van der Waals surface area (Å²) in [6, 6.07) is 4.40. The van der Waals surface area contributed by atoms with Gasteiger partial charge in [-0.2, -0.15) is 0 Å². The van der Waals surface area contributed by atoms with Crippen LogP contribution < -0.4 is 0 Å². The molecule has 0 unspecified atom stereocenters. The van der Waals surface area contributed by atoms with Crippen molar-refractivity contribution < 1.29 is 9.72 Å². The summed E-state index contributed by atoms with van der Waals surface area (Å²) in [5.41, 5.74) is 1.26. The summed E-state index contributed by atoms with van der Waals surface area (Å²) in [6.45, 7) is 0. The third-order valence-corrected chi connectivity index (χ3v) is 2.23. The zero-order valence-corrected chi connectivity index (χ0v) is 7.32. The van der Waals surface area contributed by atoms with E-state index in [0.717, 1.165) is 12.0 Å². The van der Waals surface area contributed by atoms with E-state index < -0.39 is 4.92 Å². The summed E-state index contributed by atoms with van der Waals surface area (Å²) in [6.07, 6.45) is 3.98. The van der Waals surface area contributed by atoms with Gasteiger partial charge in [0.1, 0.15) is 0 Å². The largest absolute Gasteiger partial charge is 0.293 e. The number of aryl methyl sites for hydroxylation is 1. The first kappa shape index (κ1) is 8.87. The van der Waals surface area contributed by atoms with Crippen LogP contribution in [0.15, 0.2) is 18.2 Å². The molecule has 4 nitrogen and oxygen atoms in total. The molecule has 0 aliphatic heterocycles. The van der Waals surface area contributed by atoms with Gasteiger partial charge in [0, 0.05) is 17.7 Å². The van der Waals surface area contributed by atoms with Crippen LogP contribution in [-0.2, 0) is 6.42 Å². The molecule has 0 saturated heterocycles. The standard InChI is InChI=1S/C10H7NO3/c12-10-3-1-2-7-4-5-8(11(13)14)6-9(7)10/h4-6H,1-2H2. The van der Waals surface area contributed by atoms with Crippen molar-refractivity contribution in [1.29, 1.82) is 0 Å². The molecule has 2 rings (SSSR count). The summed E-state index contributed by atoms with van der Waals surface area (Å²) in [7, 11) is 0. The molecular weight excluding hydrogens is 182 g/mol. The van der Waals surface area contributed by atoms with Crippen LogP contribution in [0.4, 0.5) is 5.69 Å². The molecule has 4 heteroatoms. The van der Waals surface area contributed by atoms with Gasteiger partial charge in [-0.1, -0.05) is 6.07 Å². The minimum atomic E-state index is -0.498. The maximum absolute atomic E-state index is 11.3. The highest BCUT2D eigenvalue weighted by Gasteiger charge is 2.20. The number of carbonyl (C=O) groups is 1. The SMILES string of the molecule is O=C1[C]CCc2ccc([N+](=O)[O-])cc21. The number of nitro benzene ring substituents is 1. The molecule has 0 bridgehead atoms. The zero-order valence-electron chi connectivity index (χ0n) is 7.32. The summed E-state index contributed by atoms with van der Waals surface area (Å²) in [4.78, 5) is 21.3. The predicted octanol–water partition coefficient (Wildman–Crippen LogP) is 1.80. The Bertz CT molecular complexity index is 412. The van der Waals surface area contributed by atoms with Crippen LogP contribution in [0.3, 0.4) is 0 Å². The number of nitro groups is 1. The highest BCUT2D eigenvalue weighted by molar-refractivity contribution is 6.05. The van der Waals surface area contributed by atoms with E-state index in [4.69, 9.17) is 0 Å². The molecule has 0 heterocycles. The molecular formula is C10H7NO3. The van der Waals surface area contributed by atoms with Crippen molar-refractivity contribution in [2.45, 2.75) is 12.8 Å². The number of Topliss-reactive ketones (excluding diaryl/α,β-unsaturated/α-hetero) is 1. The van der Waals surface area contributed by atoms with E-state index in [0.29, 0.717) is 12.0 Å². The first-order valence-electron chi connectivity index (χ1n) is 4.24. The Morgan fingerprint density at radius 3 is 2.93 bits per heavy atom. The van der Waals surface area contributed by atoms with Crippen molar-refractivity contribution in [3.05, 3.63) is 45.9 Å². The molecule has 1 aromatic rings. The Kier molecular flexibility index (Phi) is 2.04. The Labute approximate surface area is 80.7 Å². The third kappa shape index (κ3) is 1.39. The first-order chi connectivity index (χ1) is 6.68. The molecule has 1 aliphatic rings. The quantitative estimate of drug-likeness (QED) is 0.500. The number of carbonyl (C=O) groups excluding carboxylic acids is 1. The van der Waals surface area contributed by atoms with Crippen molar-refractivity contribution in [3.63, 3.8) is 0 Å². The smallest absolute Gasteiger partial charge is 0.270 e. The first-order valence-corrected chi connectivity index (χ1v) is 4.24. The molecule has 0 atom stereocenters. The second kappa shape index (κ2) is 3.21. The molecule has 0 amide bonds. The van der Waals surface area contributed by atoms with Crippen molar-refractivity contribution in [3.8, 4) is 0 Å². The van der Waals surface area contributed by atoms with Gasteiger partial charge in [0.15, 0.2) is 5.78 Å². The highest BCUT2D eigenvalue weighted by Crippen LogP contribution is 2.24. The molecule has 70 valence electrons. The lowest BCUT2D eigenvalue weighted by molar-refractivity contribution is -0.384. The lowest BCUT2D eigenvalue weighted by Crippen LogP contribution is -2.11. The fourth-order valence-electron chi connectivity index (χ4n) is 1.51. The Morgan fingerprint density at radius 2 is 2.21 bits per heavy atom. The molecule has 0 saturated carbocycles. The predicted molar refractivity (Wildman–Crippen MR) is 49.0 cm³/mol. The highest BCUT2D eigenvalue weighted by atomic mass is 16.6. The molecule has 0 fully saturated rings. The number of hydrogen-bond acceptors (Lipinski definition) is 3. The fraction of sp³-hybridized carbons (Fsp3) is 0.200. The molecule has 0 spiro atoms. The van der Waals surface area contributed by atoms with Gasteiger partial charge in [-0.25, -0.2) is 0 Å². The van der Waals surface area contributed by atoms with Crippen LogP contribution in [-0.4, -0.2) is 10.7 Å². The van der Waals surface area contributed by atoms with E-state index in [1.165, 1.54) is 12.1 Å². The van der Waals surface area contributed by atoms with Crippen LogP contribution >= 0.6 is 0 Å². The van der Waals surface area contributed by atoms with Gasteiger partial charge in [-0.15, -0.1) is 0 Å². The van der Waals surface area contributed by atoms with E-state index in [2.05, 4.69) is 6.42 Å². The van der Waals surface area contributed by atoms with E-state index in [1.807, 2.05) is 0 Å². The number of non-ortho nitro benzene ring substituents is 1. The van der Waals surface area contributed by atoms with Crippen LogP contribution in [0.2, 0.25) is 0 Å². The molecule has 2 radical (unpaired) electrons. The minimum Gasteiger partial charge on any atom is -0.293 e. The van der Waals surface area contributed by atoms with Crippen molar-refractivity contribution in [2.24, 2.45) is 0 Å². The van der Waals surface area contributed by atoms with E-state index >= 15 is 0 Å². The molecule has 14 heavy (non-hydrogen) atoms. The van der Waals surface area contributed by atoms with E-state index in [-0.39, 0.29) is 11.5 Å². The summed E-state index contributed by atoms with van der Waals surface area (Å²) >= 11 is 0. The third-order valence-electron chi connectivity index (χ3n) is 2.23. The van der Waals surface area contributed by atoms with Gasteiger partial charge in [-0.05, 0) is 18.4 Å². The maximum Gasteiger partial charge on any atom is 0.270 e. The van der Waals surface area contributed by atoms with Gasteiger partial charge in [0.2, 0.25) is 0 Å². The number of nitrogens with zero attached hydrogens (tertiary/aromatic N) is 1. The van der Waals surface area contributed by atoms with E-state index in [9.17, 15) is 14.9 Å². The van der Waals surface area contributed by atoms with Gasteiger partial charge < -0.3 is 0 Å². The lowest BCUT2D eigenvalue weighted by atomic mass is 9.90. The Balaban J connectivity index is 2.51. The molecule has 1 aromatic carbocycles. The molecule has 1 aliphatic carbocycles. The van der Waals surface area contributed by atoms with Gasteiger partial charge in [0.25, 0.3) is 5.69 Å². The van der Waals surface area contributed by atoms with Gasteiger partial charge in [-0.3, -0.25) is 14.9 Å². The number of fused-ring (bicyclic) bond motifs is 1. The average Bonchev–Trinajstić information content (AvgIpc) is 2.18. The number of ketones is 1. The Hall–Kier alpha value is -1.71. The monoisotopic (exact) mass is 189 g/mol. The summed E-state index contributed by atoms with van der Waals surface area (Å²) < 4.78 is 0. The normalized spacial score (nSPS) is 15.0. The molecule has 0 N–H and O–H groups in total. The number of benzene rings is 1. The summed E-state index contributed by atoms with van der Waals surface area (Å²) in [5.74, 6) is -0.227. The lowest BCUT2D eigenvalue weighted by Gasteiger charge is -2.12. The van der Waals surface area contributed by atoms with Crippen molar-refractivity contribution in [1.82, 2.24) is 0 Å². The van der Waals surface area contributed by atoms with Crippen LogP contribution in [0.5, 0.6) is 0 Å². The van der Waals surface area contributed by atoms with Crippen LogP contribution in [0.25, 0.3) is 0 Å². The van der Waals surface area contributed by atoms with Crippen LogP contribution in [0, 0.1) is 16.5 Å². The summed E-state index contributed by atoms with van der Waals surface area (Å²) in [5, 5.41) is 10.5. The Morgan fingerprint density at radius 1 is 1.43 bits per heavy atom. The number of rotatable bonds is 1. The zero-order chi connectivity index (χ0) is 10.1. The van der Waals surface area contributed by atoms with Crippen LogP contribution in [0.1, 0.15) is 22.3 Å². The van der Waals surface area contributed by atoms with Crippen molar-refractivity contribution >= 4 is 11.5 Å². The van der Waals surface area contributed by atoms with E-state index in [1.54, 1.807) is 6.07 Å². The fourth-order valence-corrected chi connectivity index (χ4v) is 1.51. The maximum atomic E-state index is 11.3. The second-order valence-corrected chi connectivity index (χ2v) is 3.10. The topological polar surface area (TPSA) is 60.2 Å². The van der Waals surface area contributed by atoms with Crippen molar-refractivity contribution in [2.75, 3.05) is 0 Å². The van der Waals surface area contributed by atoms with Gasteiger partial charge in [0.05, 0.1) is 11.3 Å². The second-order valence-electron chi connectivity index (χ2n) is 3.10. The molecule has 0 aromatic heterocycles. The average molecular weight is 189 g/mol.